The minimum atomic E-state index is -0.650. The third-order valence-corrected chi connectivity index (χ3v) is 5.10. The fraction of sp³-hybridized carbons (Fsp3) is 0.0455. The number of esters is 1. The van der Waals surface area contributed by atoms with E-state index in [1.807, 2.05) is 0 Å². The van der Waals surface area contributed by atoms with Gasteiger partial charge in [-0.15, -0.1) is 0 Å². The number of hydrazone groups is 1. The van der Waals surface area contributed by atoms with E-state index in [0.717, 1.165) is 4.47 Å². The number of carbonyl (C=O) groups is 2. The van der Waals surface area contributed by atoms with Crippen molar-refractivity contribution in [1.29, 1.82) is 0 Å². The van der Waals surface area contributed by atoms with Gasteiger partial charge in [-0.1, -0.05) is 39.1 Å². The van der Waals surface area contributed by atoms with Crippen molar-refractivity contribution in [2.45, 2.75) is 0 Å². The molecule has 1 N–H and O–H groups in total. The fourth-order valence-corrected chi connectivity index (χ4v) is 3.24. The van der Waals surface area contributed by atoms with Crippen LogP contribution in [0.4, 0.5) is 0 Å². The predicted molar refractivity (Wildman–Crippen MR) is 124 cm³/mol. The summed E-state index contributed by atoms with van der Waals surface area (Å²) in [4.78, 5) is 24.5. The molecule has 0 saturated heterocycles. The van der Waals surface area contributed by atoms with Gasteiger partial charge < -0.3 is 9.47 Å². The van der Waals surface area contributed by atoms with Crippen LogP contribution in [0.3, 0.4) is 0 Å². The van der Waals surface area contributed by atoms with Crippen molar-refractivity contribution in [3.8, 4) is 11.5 Å². The first kappa shape index (κ1) is 22.8. The van der Waals surface area contributed by atoms with E-state index in [1.165, 1.54) is 25.5 Å². The predicted octanol–water partition coefficient (Wildman–Crippen LogP) is 5.75. The molecular formula is C22H15BrCl2N2O4. The van der Waals surface area contributed by atoms with Gasteiger partial charge in [0.15, 0.2) is 11.5 Å². The average molecular weight is 522 g/mol. The van der Waals surface area contributed by atoms with Crippen molar-refractivity contribution in [2.75, 3.05) is 7.11 Å². The number of ether oxygens (including phenoxy) is 2. The molecule has 0 aliphatic heterocycles. The third-order valence-electron chi connectivity index (χ3n) is 4.03. The van der Waals surface area contributed by atoms with Crippen LogP contribution in [0.25, 0.3) is 0 Å². The molecule has 31 heavy (non-hydrogen) atoms. The van der Waals surface area contributed by atoms with Gasteiger partial charge in [-0.3, -0.25) is 4.79 Å². The van der Waals surface area contributed by atoms with Crippen LogP contribution < -0.4 is 14.9 Å². The van der Waals surface area contributed by atoms with Gasteiger partial charge in [-0.2, -0.15) is 5.10 Å². The second-order valence-electron chi connectivity index (χ2n) is 6.13. The quantitative estimate of drug-likeness (QED) is 0.194. The number of rotatable bonds is 6. The van der Waals surface area contributed by atoms with Gasteiger partial charge in [0.1, 0.15) is 0 Å². The number of hydrogen-bond acceptors (Lipinski definition) is 5. The van der Waals surface area contributed by atoms with Crippen LogP contribution >= 0.6 is 39.1 Å². The molecule has 0 fully saturated rings. The average Bonchev–Trinajstić information content (AvgIpc) is 2.75. The van der Waals surface area contributed by atoms with Crippen LogP contribution in [0.5, 0.6) is 11.5 Å². The van der Waals surface area contributed by atoms with Crippen LogP contribution in [0.1, 0.15) is 26.3 Å². The number of benzene rings is 3. The molecule has 0 radical (unpaired) electrons. The SMILES string of the molecule is COc1cc(C=NNC(=O)c2ccc(Br)cc2)ccc1OC(=O)c1ccc(Cl)cc1Cl. The fourth-order valence-electron chi connectivity index (χ4n) is 2.49. The number of amides is 1. The molecule has 3 rings (SSSR count). The van der Waals surface area contributed by atoms with Crippen molar-refractivity contribution in [3.05, 3.63) is 91.9 Å². The maximum Gasteiger partial charge on any atom is 0.345 e. The normalized spacial score (nSPS) is 10.7. The summed E-state index contributed by atoms with van der Waals surface area (Å²) in [6, 6.07) is 16.2. The molecule has 0 aliphatic carbocycles. The van der Waals surface area contributed by atoms with E-state index in [0.29, 0.717) is 21.9 Å². The summed E-state index contributed by atoms with van der Waals surface area (Å²) in [5.41, 5.74) is 3.72. The molecule has 158 valence electrons. The van der Waals surface area contributed by atoms with Crippen LogP contribution in [0.15, 0.2) is 70.2 Å². The summed E-state index contributed by atoms with van der Waals surface area (Å²) >= 11 is 15.2. The summed E-state index contributed by atoms with van der Waals surface area (Å²) in [7, 11) is 1.44. The Morgan fingerprint density at radius 1 is 1.00 bits per heavy atom. The molecule has 0 unspecified atom stereocenters. The summed E-state index contributed by atoms with van der Waals surface area (Å²) in [6.45, 7) is 0. The van der Waals surface area contributed by atoms with Gasteiger partial charge in [0.2, 0.25) is 0 Å². The highest BCUT2D eigenvalue weighted by atomic mass is 79.9. The first-order chi connectivity index (χ1) is 14.9. The molecule has 3 aromatic carbocycles. The van der Waals surface area contributed by atoms with E-state index in [-0.39, 0.29) is 22.2 Å². The lowest BCUT2D eigenvalue weighted by Gasteiger charge is -2.10. The monoisotopic (exact) mass is 520 g/mol. The lowest BCUT2D eigenvalue weighted by Crippen LogP contribution is -2.17. The summed E-state index contributed by atoms with van der Waals surface area (Å²) in [5.74, 6) is -0.486. The molecule has 0 saturated carbocycles. The molecule has 1 amide bonds. The zero-order valence-corrected chi connectivity index (χ0v) is 19.2. The molecule has 6 nitrogen and oxygen atoms in total. The van der Waals surface area contributed by atoms with Crippen molar-refractivity contribution in [1.82, 2.24) is 5.43 Å². The Hall–Kier alpha value is -2.87. The minimum absolute atomic E-state index is 0.175. The van der Waals surface area contributed by atoms with Crippen molar-refractivity contribution in [2.24, 2.45) is 5.10 Å². The maximum atomic E-state index is 12.4. The number of nitrogens with zero attached hydrogens (tertiary/aromatic N) is 1. The van der Waals surface area contributed by atoms with Crippen LogP contribution in [0.2, 0.25) is 10.0 Å². The van der Waals surface area contributed by atoms with Gasteiger partial charge in [0.25, 0.3) is 5.91 Å². The Labute approximate surface area is 196 Å². The van der Waals surface area contributed by atoms with E-state index in [2.05, 4.69) is 26.5 Å². The number of methoxy groups -OCH3 is 1. The van der Waals surface area contributed by atoms with Gasteiger partial charge in [-0.05, 0) is 66.2 Å². The largest absolute Gasteiger partial charge is 0.493 e. The molecule has 9 heteroatoms. The molecular weight excluding hydrogens is 507 g/mol. The van der Waals surface area contributed by atoms with Crippen LogP contribution in [0, 0.1) is 0 Å². The summed E-state index contributed by atoms with van der Waals surface area (Å²) in [5, 5.41) is 4.54. The summed E-state index contributed by atoms with van der Waals surface area (Å²) in [6.07, 6.45) is 1.45. The minimum Gasteiger partial charge on any atom is -0.493 e. The highest BCUT2D eigenvalue weighted by Gasteiger charge is 2.16. The second-order valence-corrected chi connectivity index (χ2v) is 7.89. The van der Waals surface area contributed by atoms with Crippen molar-refractivity contribution >= 4 is 57.2 Å². The van der Waals surface area contributed by atoms with E-state index in [4.69, 9.17) is 32.7 Å². The number of hydrogen-bond donors (Lipinski definition) is 1. The molecule has 0 aliphatic rings. The molecule has 0 heterocycles. The van der Waals surface area contributed by atoms with Gasteiger partial charge in [-0.25, -0.2) is 10.2 Å². The van der Waals surface area contributed by atoms with Crippen LogP contribution in [-0.4, -0.2) is 25.2 Å². The standard InChI is InChI=1S/C22H15BrCl2N2O4/c1-30-20-10-13(12-26-27-21(28)14-3-5-15(23)6-4-14)2-9-19(20)31-22(29)17-8-7-16(24)11-18(17)25/h2-12H,1H3,(H,27,28). The maximum absolute atomic E-state index is 12.4. The second kappa shape index (κ2) is 10.4. The van der Waals surface area contributed by atoms with E-state index >= 15 is 0 Å². The van der Waals surface area contributed by atoms with Gasteiger partial charge in [0, 0.05) is 15.1 Å². The Balaban J connectivity index is 1.69. The first-order valence-corrected chi connectivity index (χ1v) is 10.4. The highest BCUT2D eigenvalue weighted by molar-refractivity contribution is 9.10. The van der Waals surface area contributed by atoms with Crippen molar-refractivity contribution < 1.29 is 19.1 Å². The Morgan fingerprint density at radius 3 is 2.42 bits per heavy atom. The lowest BCUT2D eigenvalue weighted by molar-refractivity contribution is 0.0729. The molecule has 0 atom stereocenters. The van der Waals surface area contributed by atoms with Gasteiger partial charge in [0.05, 0.1) is 23.9 Å². The molecule has 0 spiro atoms. The topological polar surface area (TPSA) is 77.0 Å². The Morgan fingerprint density at radius 2 is 1.74 bits per heavy atom. The van der Waals surface area contributed by atoms with E-state index in [9.17, 15) is 9.59 Å². The molecule has 0 aromatic heterocycles. The van der Waals surface area contributed by atoms with Crippen LogP contribution in [-0.2, 0) is 0 Å². The number of halogens is 3. The number of carbonyl (C=O) groups excluding carboxylic acids is 2. The zero-order valence-electron chi connectivity index (χ0n) is 16.1. The number of nitrogens with one attached hydrogen (secondary N) is 1. The zero-order chi connectivity index (χ0) is 22.4. The van der Waals surface area contributed by atoms with E-state index in [1.54, 1.807) is 48.5 Å². The Kier molecular flexibility index (Phi) is 7.68. The summed E-state index contributed by atoms with van der Waals surface area (Å²) < 4.78 is 11.6. The Bertz CT molecular complexity index is 1150. The smallest absolute Gasteiger partial charge is 0.345 e. The molecule has 0 bridgehead atoms. The van der Waals surface area contributed by atoms with Gasteiger partial charge >= 0.3 is 5.97 Å². The first-order valence-electron chi connectivity index (χ1n) is 8.81. The highest BCUT2D eigenvalue weighted by Crippen LogP contribution is 2.30. The van der Waals surface area contributed by atoms with Crippen molar-refractivity contribution in [3.63, 3.8) is 0 Å². The lowest BCUT2D eigenvalue weighted by atomic mass is 10.2. The van der Waals surface area contributed by atoms with E-state index < -0.39 is 5.97 Å². The third kappa shape index (κ3) is 6.07. The molecule has 3 aromatic rings.